The summed E-state index contributed by atoms with van der Waals surface area (Å²) in [7, 11) is 0. The van der Waals surface area contributed by atoms with Crippen LogP contribution in [0.5, 0.6) is 0 Å². The first-order chi connectivity index (χ1) is 19.2. The molecular formula is C32H28Cl4N2O2. The molecule has 1 amide bonds. The van der Waals surface area contributed by atoms with Gasteiger partial charge in [0.2, 0.25) is 5.91 Å². The monoisotopic (exact) mass is 612 g/mol. The molecule has 40 heavy (non-hydrogen) atoms. The second-order valence-electron chi connectivity index (χ2n) is 10.2. The summed E-state index contributed by atoms with van der Waals surface area (Å²) in [6.45, 7) is 0. The highest BCUT2D eigenvalue weighted by Gasteiger charge is 2.46. The van der Waals surface area contributed by atoms with Crippen LogP contribution in [0.3, 0.4) is 0 Å². The van der Waals surface area contributed by atoms with Gasteiger partial charge in [-0.1, -0.05) is 102 Å². The minimum Gasteiger partial charge on any atom is -0.327 e. The Bertz CT molecular complexity index is 1420. The van der Waals surface area contributed by atoms with Gasteiger partial charge in [-0.3, -0.25) is 9.59 Å². The molecule has 4 nitrogen and oxygen atoms in total. The number of Topliss-reactive ketones (excluding diaryl/α,β-unsaturated/α-hetero) is 1. The van der Waals surface area contributed by atoms with Crippen molar-refractivity contribution in [1.29, 1.82) is 0 Å². The highest BCUT2D eigenvalue weighted by Crippen LogP contribution is 2.40. The predicted molar refractivity (Wildman–Crippen MR) is 165 cm³/mol. The molecule has 2 aliphatic rings. The van der Waals surface area contributed by atoms with Gasteiger partial charge in [-0.2, -0.15) is 0 Å². The van der Waals surface area contributed by atoms with Gasteiger partial charge in [0.1, 0.15) is 0 Å². The first-order valence-electron chi connectivity index (χ1n) is 13.2. The highest BCUT2D eigenvalue weighted by molar-refractivity contribution is 6.42. The quantitative estimate of drug-likeness (QED) is 0.296. The molecule has 206 valence electrons. The van der Waals surface area contributed by atoms with Gasteiger partial charge in [0, 0.05) is 11.1 Å². The van der Waals surface area contributed by atoms with E-state index in [0.29, 0.717) is 50.5 Å². The van der Waals surface area contributed by atoms with E-state index < -0.39 is 18.1 Å². The number of nitrogens with zero attached hydrogens (tertiary/aromatic N) is 1. The minimum absolute atomic E-state index is 0.102. The Morgan fingerprint density at radius 3 is 1.77 bits per heavy atom. The van der Waals surface area contributed by atoms with E-state index >= 15 is 0 Å². The van der Waals surface area contributed by atoms with Crippen LogP contribution >= 0.6 is 46.4 Å². The molecule has 2 saturated heterocycles. The maximum atomic E-state index is 14.2. The third kappa shape index (κ3) is 6.17. The van der Waals surface area contributed by atoms with Crippen LogP contribution in [0.25, 0.3) is 12.2 Å². The summed E-state index contributed by atoms with van der Waals surface area (Å²) in [4.78, 5) is 30.2. The van der Waals surface area contributed by atoms with Crippen molar-refractivity contribution < 1.29 is 9.59 Å². The van der Waals surface area contributed by atoms with Crippen LogP contribution in [0.15, 0.2) is 77.9 Å². The van der Waals surface area contributed by atoms with Gasteiger partial charge in [0.15, 0.2) is 5.78 Å². The van der Waals surface area contributed by atoms with Gasteiger partial charge in [-0.15, -0.1) is 0 Å². The van der Waals surface area contributed by atoms with Gasteiger partial charge in [-0.05, 0) is 72.4 Å². The molecule has 0 aromatic heterocycles. The third-order valence-electron chi connectivity index (χ3n) is 7.52. The van der Waals surface area contributed by atoms with Crippen molar-refractivity contribution in [3.05, 3.63) is 115 Å². The van der Waals surface area contributed by atoms with Crippen LogP contribution in [0.1, 0.15) is 42.4 Å². The summed E-state index contributed by atoms with van der Waals surface area (Å²) >= 11 is 24.9. The maximum Gasteiger partial charge on any atom is 0.240 e. The van der Waals surface area contributed by atoms with Crippen molar-refractivity contribution in [2.24, 2.45) is 5.73 Å². The Morgan fingerprint density at radius 2 is 1.30 bits per heavy atom. The average Bonchev–Trinajstić information content (AvgIpc) is 3.13. The van der Waals surface area contributed by atoms with Crippen LogP contribution < -0.4 is 5.73 Å². The fraction of sp³-hybridized carbons (Fsp3) is 0.250. The Hall–Kier alpha value is -2.60. The molecule has 3 atom stereocenters. The van der Waals surface area contributed by atoms with Gasteiger partial charge >= 0.3 is 0 Å². The van der Waals surface area contributed by atoms with Gasteiger partial charge < -0.3 is 10.6 Å². The van der Waals surface area contributed by atoms with Crippen molar-refractivity contribution in [3.63, 3.8) is 0 Å². The number of piperidine rings is 1. The molecule has 0 saturated carbocycles. The van der Waals surface area contributed by atoms with Gasteiger partial charge in [0.25, 0.3) is 0 Å². The Kier molecular flexibility index (Phi) is 9.04. The number of rotatable bonds is 5. The fourth-order valence-electron chi connectivity index (χ4n) is 5.59. The molecule has 2 N–H and O–H groups in total. The van der Waals surface area contributed by atoms with Crippen LogP contribution in [0.2, 0.25) is 20.1 Å². The predicted octanol–water partition coefficient (Wildman–Crippen LogP) is 8.06. The van der Waals surface area contributed by atoms with E-state index in [4.69, 9.17) is 52.1 Å². The van der Waals surface area contributed by atoms with E-state index in [1.165, 1.54) is 0 Å². The number of hydrogen-bond donors (Lipinski definition) is 1. The number of hydrogen-bond acceptors (Lipinski definition) is 3. The molecule has 2 heterocycles. The van der Waals surface area contributed by atoms with Crippen molar-refractivity contribution in [2.75, 3.05) is 0 Å². The fourth-order valence-corrected chi connectivity index (χ4v) is 6.20. The Morgan fingerprint density at radius 1 is 0.800 bits per heavy atom. The van der Waals surface area contributed by atoms with Crippen LogP contribution in [0.4, 0.5) is 0 Å². The van der Waals surface area contributed by atoms with E-state index in [9.17, 15) is 9.59 Å². The number of amides is 1. The molecule has 0 aliphatic carbocycles. The lowest BCUT2D eigenvalue weighted by atomic mass is 9.82. The second-order valence-corrected chi connectivity index (χ2v) is 11.9. The van der Waals surface area contributed by atoms with Crippen LogP contribution in [-0.4, -0.2) is 34.7 Å². The van der Waals surface area contributed by atoms with Crippen LogP contribution in [0, 0.1) is 0 Å². The zero-order valence-electron chi connectivity index (χ0n) is 21.6. The minimum atomic E-state index is -0.754. The number of fused-ring (bicyclic) bond motifs is 2. The van der Waals surface area contributed by atoms with E-state index in [1.54, 1.807) is 24.3 Å². The average molecular weight is 614 g/mol. The van der Waals surface area contributed by atoms with E-state index in [0.717, 1.165) is 29.5 Å². The van der Waals surface area contributed by atoms with Crippen molar-refractivity contribution >= 4 is 70.2 Å². The Balaban J connectivity index is 1.62. The molecule has 5 rings (SSSR count). The SMILES string of the molecule is N[C@@H](Cc1ccccc1)C(=O)N1C2CCCCC1/C(=C\c1ccc(Cl)c(Cl)c1)C(=O)/C2=C/c1ccc(Cl)c(Cl)c1. The zero-order valence-corrected chi connectivity index (χ0v) is 24.6. The number of halogens is 4. The first-order valence-corrected chi connectivity index (χ1v) is 14.7. The lowest BCUT2D eigenvalue weighted by Gasteiger charge is -2.44. The summed E-state index contributed by atoms with van der Waals surface area (Å²) in [6, 6.07) is 18.6. The molecule has 2 aliphatic heterocycles. The van der Waals surface area contributed by atoms with Crippen molar-refractivity contribution in [2.45, 2.75) is 50.2 Å². The largest absolute Gasteiger partial charge is 0.327 e. The number of carbonyl (C=O) groups excluding carboxylic acids is 2. The molecule has 8 heteroatoms. The molecule has 2 fully saturated rings. The highest BCUT2D eigenvalue weighted by atomic mass is 35.5. The second kappa shape index (κ2) is 12.5. The third-order valence-corrected chi connectivity index (χ3v) is 9.00. The molecule has 2 bridgehead atoms. The number of carbonyl (C=O) groups is 2. The molecule has 2 unspecified atom stereocenters. The maximum absolute atomic E-state index is 14.2. The normalized spacial score (nSPS) is 21.9. The smallest absolute Gasteiger partial charge is 0.240 e. The summed E-state index contributed by atoms with van der Waals surface area (Å²) in [5.74, 6) is -0.275. The number of nitrogens with two attached hydrogens (primary N) is 1. The summed E-state index contributed by atoms with van der Waals surface area (Å²) in [6.07, 6.45) is 7.14. The number of benzene rings is 3. The Labute approximate surface area is 254 Å². The topological polar surface area (TPSA) is 63.4 Å². The molecule has 3 aromatic rings. The molecule has 0 spiro atoms. The van der Waals surface area contributed by atoms with Crippen LogP contribution in [-0.2, 0) is 16.0 Å². The lowest BCUT2D eigenvalue weighted by Crippen LogP contribution is -2.58. The van der Waals surface area contributed by atoms with Gasteiger partial charge in [-0.25, -0.2) is 0 Å². The molecular weight excluding hydrogens is 586 g/mol. The van der Waals surface area contributed by atoms with Gasteiger partial charge in [0.05, 0.1) is 38.2 Å². The summed E-state index contributed by atoms with van der Waals surface area (Å²) < 4.78 is 0. The van der Waals surface area contributed by atoms with E-state index in [2.05, 4.69) is 0 Å². The van der Waals surface area contributed by atoms with E-state index in [1.807, 2.05) is 59.5 Å². The molecule has 0 radical (unpaired) electrons. The number of ketones is 1. The standard InChI is InChI=1S/C32H28Cl4N2O2/c33-24-12-10-20(16-26(24)35)14-22-29-8-4-5-9-30(23(31(22)39)15-21-11-13-25(34)27(36)17-21)38(29)32(40)28(37)18-19-6-2-1-3-7-19/h1-3,6-7,10-17,28-30H,4-5,8-9,18,37H2/b22-14+,23-15+/t28-,29?,30?/m0/s1. The summed E-state index contributed by atoms with van der Waals surface area (Å²) in [5, 5.41) is 1.64. The van der Waals surface area contributed by atoms with Crippen molar-refractivity contribution in [3.8, 4) is 0 Å². The first kappa shape index (κ1) is 28.9. The lowest BCUT2D eigenvalue weighted by molar-refractivity contribution is -0.137. The van der Waals surface area contributed by atoms with E-state index in [-0.39, 0.29) is 11.7 Å². The molecule has 3 aromatic carbocycles. The zero-order chi connectivity index (χ0) is 28.4. The summed E-state index contributed by atoms with van der Waals surface area (Å²) in [5.41, 5.74) is 10.1. The van der Waals surface area contributed by atoms with Crippen molar-refractivity contribution in [1.82, 2.24) is 4.90 Å².